The van der Waals surface area contributed by atoms with Gasteiger partial charge >= 0.3 is 0 Å². The summed E-state index contributed by atoms with van der Waals surface area (Å²) < 4.78 is 0. The third kappa shape index (κ3) is 3.11. The number of benzene rings is 1. The predicted octanol–water partition coefficient (Wildman–Crippen LogP) is 5.18. The van der Waals surface area contributed by atoms with Gasteiger partial charge in [-0.1, -0.05) is 24.6 Å². The van der Waals surface area contributed by atoms with Gasteiger partial charge in [0.2, 0.25) is 0 Å². The van der Waals surface area contributed by atoms with Crippen LogP contribution >= 0.6 is 22.9 Å². The monoisotopic (exact) mass is 310 g/mol. The van der Waals surface area contributed by atoms with E-state index in [0.717, 1.165) is 17.7 Å². The quantitative estimate of drug-likeness (QED) is 0.611. The maximum atomic E-state index is 10.9. The third-order valence-electron chi connectivity index (χ3n) is 3.12. The molecule has 1 unspecified atom stereocenters. The van der Waals surface area contributed by atoms with E-state index in [2.05, 4.69) is 18.3 Å². The summed E-state index contributed by atoms with van der Waals surface area (Å²) in [5.74, 6) is 0. The summed E-state index contributed by atoms with van der Waals surface area (Å²) in [5.41, 5.74) is 1.59. The van der Waals surface area contributed by atoms with Crippen LogP contribution in [0.5, 0.6) is 0 Å². The smallest absolute Gasteiger partial charge is 0.288 e. The first-order valence-electron chi connectivity index (χ1n) is 6.27. The van der Waals surface area contributed by atoms with Crippen molar-refractivity contribution >= 4 is 34.3 Å². The Bertz CT molecular complexity index is 614. The Hall–Kier alpha value is -1.59. The number of rotatable bonds is 5. The Balaban J connectivity index is 2.29. The third-order valence-corrected chi connectivity index (χ3v) is 4.40. The van der Waals surface area contributed by atoms with E-state index in [1.165, 1.54) is 10.9 Å². The Morgan fingerprint density at radius 2 is 2.25 bits per heavy atom. The Morgan fingerprint density at radius 1 is 1.50 bits per heavy atom. The van der Waals surface area contributed by atoms with Crippen molar-refractivity contribution in [2.45, 2.75) is 26.3 Å². The number of nitrogens with one attached hydrogen (secondary N) is 1. The molecule has 1 aromatic heterocycles. The van der Waals surface area contributed by atoms with E-state index in [-0.39, 0.29) is 16.8 Å². The van der Waals surface area contributed by atoms with Crippen LogP contribution in [0.25, 0.3) is 0 Å². The topological polar surface area (TPSA) is 55.2 Å². The maximum Gasteiger partial charge on any atom is 0.288 e. The molecular weight excluding hydrogens is 296 g/mol. The van der Waals surface area contributed by atoms with Crippen LogP contribution in [0, 0.1) is 17.0 Å². The average Bonchev–Trinajstić information content (AvgIpc) is 2.92. The van der Waals surface area contributed by atoms with E-state index >= 15 is 0 Å². The largest absolute Gasteiger partial charge is 0.377 e. The van der Waals surface area contributed by atoms with Crippen LogP contribution in [0.1, 0.15) is 29.8 Å². The molecular formula is C14H15ClN2O2S. The van der Waals surface area contributed by atoms with Crippen LogP contribution in [0.2, 0.25) is 5.02 Å². The Morgan fingerprint density at radius 3 is 2.80 bits per heavy atom. The molecule has 0 aliphatic rings. The first-order valence-corrected chi connectivity index (χ1v) is 7.53. The molecule has 1 atom stereocenters. The van der Waals surface area contributed by atoms with Crippen molar-refractivity contribution in [1.82, 2.24) is 0 Å². The van der Waals surface area contributed by atoms with Crippen molar-refractivity contribution in [3.8, 4) is 0 Å². The van der Waals surface area contributed by atoms with Gasteiger partial charge in [0.05, 0.1) is 11.0 Å². The molecule has 0 aliphatic carbocycles. The van der Waals surface area contributed by atoms with Gasteiger partial charge in [0.15, 0.2) is 0 Å². The molecule has 0 fully saturated rings. The van der Waals surface area contributed by atoms with Gasteiger partial charge < -0.3 is 5.32 Å². The van der Waals surface area contributed by atoms with Gasteiger partial charge in [-0.2, -0.15) is 0 Å². The van der Waals surface area contributed by atoms with Gasteiger partial charge in [-0.15, -0.1) is 11.3 Å². The van der Waals surface area contributed by atoms with E-state index < -0.39 is 4.92 Å². The predicted molar refractivity (Wildman–Crippen MR) is 83.8 cm³/mol. The lowest BCUT2D eigenvalue weighted by atomic mass is 10.1. The molecule has 0 spiro atoms. The molecule has 2 aromatic rings. The molecule has 0 saturated carbocycles. The fourth-order valence-corrected chi connectivity index (χ4v) is 3.11. The normalized spacial score (nSPS) is 12.2. The molecule has 4 nitrogen and oxygen atoms in total. The Labute approximate surface area is 126 Å². The van der Waals surface area contributed by atoms with Crippen molar-refractivity contribution < 1.29 is 4.92 Å². The molecule has 0 aliphatic heterocycles. The summed E-state index contributed by atoms with van der Waals surface area (Å²) in [7, 11) is 0. The molecule has 0 radical (unpaired) electrons. The molecule has 0 amide bonds. The minimum atomic E-state index is -0.463. The van der Waals surface area contributed by atoms with Crippen molar-refractivity contribution in [2.75, 3.05) is 5.32 Å². The maximum absolute atomic E-state index is 10.9. The number of hydrogen-bond acceptors (Lipinski definition) is 4. The van der Waals surface area contributed by atoms with Crippen molar-refractivity contribution in [3.05, 3.63) is 55.2 Å². The summed E-state index contributed by atoms with van der Waals surface area (Å²) in [6, 6.07) is 7.41. The molecule has 106 valence electrons. The van der Waals surface area contributed by atoms with Crippen molar-refractivity contribution in [1.29, 1.82) is 0 Å². The number of nitrogens with zero attached hydrogens (tertiary/aromatic N) is 1. The van der Waals surface area contributed by atoms with Gasteiger partial charge in [0, 0.05) is 16.6 Å². The zero-order chi connectivity index (χ0) is 14.7. The van der Waals surface area contributed by atoms with Crippen LogP contribution in [0.3, 0.4) is 0 Å². The van der Waals surface area contributed by atoms with E-state index in [0.29, 0.717) is 0 Å². The van der Waals surface area contributed by atoms with Gasteiger partial charge in [-0.3, -0.25) is 10.1 Å². The first-order chi connectivity index (χ1) is 9.52. The zero-order valence-electron chi connectivity index (χ0n) is 11.2. The van der Waals surface area contributed by atoms with Crippen molar-refractivity contribution in [3.63, 3.8) is 0 Å². The number of thiophene rings is 1. The highest BCUT2D eigenvalue weighted by Crippen LogP contribution is 2.33. The SMILES string of the molecule is CCC(Nc1cc(Cl)c([N+](=O)[O-])cc1C)c1cccs1. The second-order valence-electron chi connectivity index (χ2n) is 4.50. The molecule has 20 heavy (non-hydrogen) atoms. The number of hydrogen-bond donors (Lipinski definition) is 1. The molecule has 6 heteroatoms. The summed E-state index contributed by atoms with van der Waals surface area (Å²) in [6.07, 6.45) is 0.925. The molecule has 0 saturated heterocycles. The van der Waals surface area contributed by atoms with Gasteiger partial charge in [0.1, 0.15) is 5.02 Å². The lowest BCUT2D eigenvalue weighted by molar-refractivity contribution is -0.384. The van der Waals surface area contributed by atoms with Gasteiger partial charge in [-0.05, 0) is 36.4 Å². The number of nitro groups is 1. The first kappa shape index (κ1) is 14.8. The Kier molecular flexibility index (Phi) is 4.62. The summed E-state index contributed by atoms with van der Waals surface area (Å²) in [4.78, 5) is 11.6. The highest BCUT2D eigenvalue weighted by atomic mass is 35.5. The molecule has 1 heterocycles. The van der Waals surface area contributed by atoms with E-state index in [4.69, 9.17) is 11.6 Å². The summed E-state index contributed by atoms with van der Waals surface area (Å²) in [6.45, 7) is 3.94. The van der Waals surface area contributed by atoms with Crippen LogP contribution in [0.4, 0.5) is 11.4 Å². The fraction of sp³-hybridized carbons (Fsp3) is 0.286. The van der Waals surface area contributed by atoms with Gasteiger partial charge in [-0.25, -0.2) is 0 Å². The van der Waals surface area contributed by atoms with Crippen LogP contribution < -0.4 is 5.32 Å². The molecule has 1 N–H and O–H groups in total. The summed E-state index contributed by atoms with van der Waals surface area (Å²) >= 11 is 7.66. The van der Waals surface area contributed by atoms with Crippen LogP contribution in [-0.4, -0.2) is 4.92 Å². The van der Waals surface area contributed by atoms with E-state index in [1.54, 1.807) is 17.4 Å². The lowest BCUT2D eigenvalue weighted by Gasteiger charge is -2.18. The highest BCUT2D eigenvalue weighted by Gasteiger charge is 2.17. The second-order valence-corrected chi connectivity index (χ2v) is 5.88. The van der Waals surface area contributed by atoms with Gasteiger partial charge in [0.25, 0.3) is 5.69 Å². The number of halogens is 1. The highest BCUT2D eigenvalue weighted by molar-refractivity contribution is 7.10. The number of anilines is 1. The molecule has 0 bridgehead atoms. The van der Waals surface area contributed by atoms with Crippen molar-refractivity contribution in [2.24, 2.45) is 0 Å². The average molecular weight is 311 g/mol. The fourth-order valence-electron chi connectivity index (χ4n) is 2.01. The number of nitro benzene ring substituents is 1. The molecule has 1 aromatic carbocycles. The molecule has 2 rings (SSSR count). The van der Waals surface area contributed by atoms with Crippen LogP contribution in [-0.2, 0) is 0 Å². The number of aryl methyl sites for hydroxylation is 1. The van der Waals surface area contributed by atoms with E-state index in [9.17, 15) is 10.1 Å². The summed E-state index contributed by atoms with van der Waals surface area (Å²) in [5, 5.41) is 16.5. The van der Waals surface area contributed by atoms with E-state index in [1.807, 2.05) is 18.4 Å². The minimum absolute atomic E-state index is 0.0566. The minimum Gasteiger partial charge on any atom is -0.377 e. The standard InChI is InChI=1S/C14H15ClN2O2S/c1-3-11(14-5-4-6-20-14)16-12-8-10(15)13(17(18)19)7-9(12)2/h4-8,11,16H,3H2,1-2H3. The zero-order valence-corrected chi connectivity index (χ0v) is 12.8. The second kappa shape index (κ2) is 6.24. The van der Waals surface area contributed by atoms with Crippen LogP contribution in [0.15, 0.2) is 29.6 Å². The lowest BCUT2D eigenvalue weighted by Crippen LogP contribution is -2.09.